The van der Waals surface area contributed by atoms with Crippen molar-refractivity contribution in [3.8, 4) is 5.75 Å². The minimum atomic E-state index is -3.69. The molecular weight excluding hydrogens is 395 g/mol. The Balaban J connectivity index is 1.56. The van der Waals surface area contributed by atoms with Crippen molar-refractivity contribution in [1.82, 2.24) is 0 Å². The second-order valence-corrected chi connectivity index (χ2v) is 7.97. The monoisotopic (exact) mass is 414 g/mol. The van der Waals surface area contributed by atoms with Crippen molar-refractivity contribution in [2.45, 2.75) is 11.8 Å². The minimum absolute atomic E-state index is 0.165. The lowest BCUT2D eigenvalue weighted by Crippen LogP contribution is -2.20. The molecule has 3 aromatic carbocycles. The number of aryl methyl sites for hydroxylation is 1. The topological polar surface area (TPSA) is 84.5 Å². The van der Waals surface area contributed by atoms with Crippen molar-refractivity contribution in [3.05, 3.63) is 84.2 Å². The number of amides is 1. The Hall–Kier alpha value is -3.39. The highest BCUT2D eigenvalue weighted by molar-refractivity contribution is 7.92. The van der Waals surface area contributed by atoms with Crippen LogP contribution in [0.2, 0.25) is 0 Å². The predicted molar refractivity (Wildman–Crippen MR) is 109 cm³/mol. The Morgan fingerprint density at radius 2 is 1.48 bits per heavy atom. The van der Waals surface area contributed by atoms with Crippen LogP contribution in [-0.2, 0) is 14.8 Å². The van der Waals surface area contributed by atoms with E-state index in [1.807, 2.05) is 6.92 Å². The van der Waals surface area contributed by atoms with E-state index < -0.39 is 15.9 Å². The second-order valence-electron chi connectivity index (χ2n) is 6.29. The van der Waals surface area contributed by atoms with Gasteiger partial charge in [0.15, 0.2) is 6.61 Å². The van der Waals surface area contributed by atoms with E-state index in [1.165, 1.54) is 36.4 Å². The first kappa shape index (κ1) is 20.3. The largest absolute Gasteiger partial charge is 0.484 e. The molecule has 3 aromatic rings. The van der Waals surface area contributed by atoms with Gasteiger partial charge in [-0.25, -0.2) is 12.8 Å². The summed E-state index contributed by atoms with van der Waals surface area (Å²) in [6.45, 7) is 1.63. The molecule has 2 N–H and O–H groups in total. The quantitative estimate of drug-likeness (QED) is 0.613. The van der Waals surface area contributed by atoms with Crippen molar-refractivity contribution < 1.29 is 22.3 Å². The summed E-state index contributed by atoms with van der Waals surface area (Å²) in [4.78, 5) is 12.1. The lowest BCUT2D eigenvalue weighted by molar-refractivity contribution is -0.118. The Bertz CT molecular complexity index is 1080. The molecule has 0 heterocycles. The Kier molecular flexibility index (Phi) is 6.13. The molecule has 0 unspecified atom stereocenters. The molecule has 0 fully saturated rings. The first-order valence-corrected chi connectivity index (χ1v) is 10.2. The smallest absolute Gasteiger partial charge is 0.262 e. The first-order chi connectivity index (χ1) is 13.8. The number of hydrogen-bond acceptors (Lipinski definition) is 4. The molecule has 3 rings (SSSR count). The molecule has 0 atom stereocenters. The van der Waals surface area contributed by atoms with E-state index >= 15 is 0 Å². The number of anilines is 2. The lowest BCUT2D eigenvalue weighted by Gasteiger charge is -2.10. The van der Waals surface area contributed by atoms with Gasteiger partial charge in [-0.1, -0.05) is 17.7 Å². The van der Waals surface area contributed by atoms with E-state index in [-0.39, 0.29) is 17.3 Å². The van der Waals surface area contributed by atoms with E-state index in [2.05, 4.69) is 10.0 Å². The highest BCUT2D eigenvalue weighted by Crippen LogP contribution is 2.19. The molecule has 0 spiro atoms. The van der Waals surface area contributed by atoms with Gasteiger partial charge in [-0.2, -0.15) is 0 Å². The molecular formula is C21H19FN2O4S. The molecule has 0 bridgehead atoms. The van der Waals surface area contributed by atoms with Crippen molar-refractivity contribution in [3.63, 3.8) is 0 Å². The maximum atomic E-state index is 12.8. The summed E-state index contributed by atoms with van der Waals surface area (Å²) in [6.07, 6.45) is 0. The molecule has 0 aromatic heterocycles. The van der Waals surface area contributed by atoms with Crippen molar-refractivity contribution >= 4 is 27.3 Å². The van der Waals surface area contributed by atoms with Gasteiger partial charge in [0.1, 0.15) is 11.6 Å². The van der Waals surface area contributed by atoms with E-state index in [0.29, 0.717) is 17.1 Å². The van der Waals surface area contributed by atoms with Gasteiger partial charge < -0.3 is 10.1 Å². The predicted octanol–water partition coefficient (Wildman–Crippen LogP) is 3.95. The number of ether oxygens (including phenoxy) is 1. The third-order valence-electron chi connectivity index (χ3n) is 3.94. The summed E-state index contributed by atoms with van der Waals surface area (Å²) in [5.41, 5.74) is 1.81. The van der Waals surface area contributed by atoms with E-state index in [9.17, 15) is 17.6 Å². The van der Waals surface area contributed by atoms with Crippen LogP contribution in [0.1, 0.15) is 5.56 Å². The number of nitrogens with one attached hydrogen (secondary N) is 2. The van der Waals surface area contributed by atoms with Gasteiger partial charge in [-0.05, 0) is 67.6 Å². The average Bonchev–Trinajstić information content (AvgIpc) is 2.69. The fourth-order valence-corrected chi connectivity index (χ4v) is 3.49. The minimum Gasteiger partial charge on any atom is -0.484 e. The van der Waals surface area contributed by atoms with Gasteiger partial charge in [0.05, 0.1) is 4.90 Å². The summed E-state index contributed by atoms with van der Waals surface area (Å²) in [5, 5.41) is 2.64. The van der Waals surface area contributed by atoms with Gasteiger partial charge in [0.25, 0.3) is 15.9 Å². The van der Waals surface area contributed by atoms with Crippen LogP contribution in [0.3, 0.4) is 0 Å². The van der Waals surface area contributed by atoms with E-state index in [1.54, 1.807) is 36.4 Å². The molecule has 1 amide bonds. The molecule has 8 heteroatoms. The molecule has 6 nitrogen and oxygen atoms in total. The molecule has 0 aliphatic heterocycles. The third-order valence-corrected chi connectivity index (χ3v) is 5.33. The van der Waals surface area contributed by atoms with Crippen LogP contribution in [0.5, 0.6) is 5.75 Å². The molecule has 0 saturated heterocycles. The summed E-state index contributed by atoms with van der Waals surface area (Å²) in [6, 6.07) is 18.1. The van der Waals surface area contributed by atoms with Gasteiger partial charge >= 0.3 is 0 Å². The summed E-state index contributed by atoms with van der Waals surface area (Å²) in [5.74, 6) is -0.412. The van der Waals surface area contributed by atoms with E-state index in [0.717, 1.165) is 5.56 Å². The van der Waals surface area contributed by atoms with Gasteiger partial charge in [-0.3, -0.25) is 9.52 Å². The fraction of sp³-hybridized carbons (Fsp3) is 0.0952. The first-order valence-electron chi connectivity index (χ1n) is 8.70. The molecule has 0 saturated carbocycles. The van der Waals surface area contributed by atoms with Crippen LogP contribution >= 0.6 is 0 Å². The van der Waals surface area contributed by atoms with E-state index in [4.69, 9.17) is 4.74 Å². The van der Waals surface area contributed by atoms with Gasteiger partial charge in [0.2, 0.25) is 0 Å². The van der Waals surface area contributed by atoms with Crippen LogP contribution in [0.15, 0.2) is 77.7 Å². The van der Waals surface area contributed by atoms with Gasteiger partial charge in [-0.15, -0.1) is 0 Å². The normalized spacial score (nSPS) is 11.0. The van der Waals surface area contributed by atoms with Crippen LogP contribution < -0.4 is 14.8 Å². The highest BCUT2D eigenvalue weighted by Gasteiger charge is 2.14. The molecule has 0 radical (unpaired) electrons. The van der Waals surface area contributed by atoms with Crippen LogP contribution in [-0.4, -0.2) is 20.9 Å². The maximum Gasteiger partial charge on any atom is 0.262 e. The number of hydrogen-bond donors (Lipinski definition) is 2. The Morgan fingerprint density at radius 3 is 2.10 bits per heavy atom. The fourth-order valence-electron chi connectivity index (χ4n) is 2.43. The van der Waals surface area contributed by atoms with Gasteiger partial charge in [0, 0.05) is 11.4 Å². The zero-order chi connectivity index (χ0) is 20.9. The Morgan fingerprint density at radius 1 is 0.897 bits per heavy atom. The van der Waals surface area contributed by atoms with Crippen molar-refractivity contribution in [2.24, 2.45) is 0 Å². The summed E-state index contributed by atoms with van der Waals surface area (Å²) < 4.78 is 45.4. The molecule has 0 aliphatic carbocycles. The van der Waals surface area contributed by atoms with Crippen LogP contribution in [0.25, 0.3) is 0 Å². The number of carbonyl (C=O) groups is 1. The summed E-state index contributed by atoms with van der Waals surface area (Å²) >= 11 is 0. The zero-order valence-corrected chi connectivity index (χ0v) is 16.4. The number of benzene rings is 3. The molecule has 0 aliphatic rings. The number of halogens is 1. The standard InChI is InChI=1S/C21H19FN2O4S/c1-15-2-12-20(13-3-15)29(26,27)24-18-8-6-17(7-9-18)23-21(25)14-28-19-10-4-16(22)5-11-19/h2-13,24H,14H2,1H3,(H,23,25). The number of sulfonamides is 1. The SMILES string of the molecule is Cc1ccc(S(=O)(=O)Nc2ccc(NC(=O)COc3ccc(F)cc3)cc2)cc1. The number of carbonyl (C=O) groups excluding carboxylic acids is 1. The highest BCUT2D eigenvalue weighted by atomic mass is 32.2. The average molecular weight is 414 g/mol. The second kappa shape index (κ2) is 8.74. The molecule has 29 heavy (non-hydrogen) atoms. The van der Waals surface area contributed by atoms with Crippen molar-refractivity contribution in [2.75, 3.05) is 16.6 Å². The van der Waals surface area contributed by atoms with Crippen molar-refractivity contribution in [1.29, 1.82) is 0 Å². The molecule has 150 valence electrons. The third kappa shape index (κ3) is 5.79. The zero-order valence-electron chi connectivity index (χ0n) is 15.6. The van der Waals surface area contributed by atoms with Crippen LogP contribution in [0, 0.1) is 12.7 Å². The lowest BCUT2D eigenvalue weighted by atomic mass is 10.2. The number of rotatable bonds is 7. The summed E-state index contributed by atoms with van der Waals surface area (Å²) in [7, 11) is -3.69. The van der Waals surface area contributed by atoms with Crippen LogP contribution in [0.4, 0.5) is 15.8 Å². The maximum absolute atomic E-state index is 12.8. The Labute approximate surface area is 168 Å².